The average molecular weight is 439 g/mol. The Morgan fingerprint density at radius 1 is 0.903 bits per heavy atom. The van der Waals surface area contributed by atoms with Crippen LogP contribution in [-0.4, -0.2) is 23.0 Å². The normalized spacial score (nSPS) is 22.8. The summed E-state index contributed by atoms with van der Waals surface area (Å²) in [5, 5.41) is 11.1. The molecule has 0 radical (unpaired) electrons. The van der Waals surface area contributed by atoms with Gasteiger partial charge in [0.2, 0.25) is 5.91 Å². The van der Waals surface area contributed by atoms with E-state index in [2.05, 4.69) is 0 Å². The van der Waals surface area contributed by atoms with Gasteiger partial charge in [0.25, 0.3) is 5.91 Å². The van der Waals surface area contributed by atoms with E-state index in [-0.39, 0.29) is 16.5 Å². The van der Waals surface area contributed by atoms with Crippen LogP contribution >= 0.6 is 11.6 Å². The minimum atomic E-state index is -1.06. The van der Waals surface area contributed by atoms with Crippen molar-refractivity contribution < 1.29 is 23.9 Å². The third kappa shape index (κ3) is 3.13. The second kappa shape index (κ2) is 7.37. The highest BCUT2D eigenvalue weighted by molar-refractivity contribution is 6.31. The summed E-state index contributed by atoms with van der Waals surface area (Å²) in [6.45, 7) is 0. The number of fused-ring (bicyclic) bond motifs is 1. The molecular formula is C23H16ClFN2O4. The van der Waals surface area contributed by atoms with Gasteiger partial charge in [-0.15, -0.1) is 0 Å². The summed E-state index contributed by atoms with van der Waals surface area (Å²) in [5.74, 6) is -2.56. The zero-order valence-corrected chi connectivity index (χ0v) is 16.7. The molecule has 2 amide bonds. The van der Waals surface area contributed by atoms with Crippen molar-refractivity contribution >= 4 is 34.8 Å². The van der Waals surface area contributed by atoms with Gasteiger partial charge in [-0.3, -0.25) is 14.4 Å². The molecule has 8 heteroatoms. The van der Waals surface area contributed by atoms with Crippen LogP contribution in [0.5, 0.6) is 5.75 Å². The molecule has 2 aliphatic heterocycles. The zero-order chi connectivity index (χ0) is 21.7. The lowest BCUT2D eigenvalue weighted by molar-refractivity contribution is -0.126. The van der Waals surface area contributed by atoms with E-state index in [4.69, 9.17) is 16.4 Å². The monoisotopic (exact) mass is 438 g/mol. The summed E-state index contributed by atoms with van der Waals surface area (Å²) >= 11 is 5.74. The van der Waals surface area contributed by atoms with Crippen molar-refractivity contribution in [2.45, 2.75) is 12.1 Å². The summed E-state index contributed by atoms with van der Waals surface area (Å²) in [6, 6.07) is 18.7. The quantitative estimate of drug-likeness (QED) is 0.619. The number of halogens is 2. The first-order valence-corrected chi connectivity index (χ1v) is 9.96. The zero-order valence-electron chi connectivity index (χ0n) is 16.0. The van der Waals surface area contributed by atoms with Crippen molar-refractivity contribution in [3.8, 4) is 5.75 Å². The number of carbonyl (C=O) groups is 2. The van der Waals surface area contributed by atoms with Gasteiger partial charge in [0.1, 0.15) is 17.5 Å². The molecule has 6 nitrogen and oxygen atoms in total. The van der Waals surface area contributed by atoms with E-state index in [0.29, 0.717) is 11.3 Å². The number of nitrogens with zero attached hydrogens (tertiary/aromatic N) is 2. The van der Waals surface area contributed by atoms with Gasteiger partial charge in [0.05, 0.1) is 22.4 Å². The highest BCUT2D eigenvalue weighted by Crippen LogP contribution is 2.47. The molecule has 2 heterocycles. The van der Waals surface area contributed by atoms with Gasteiger partial charge in [0, 0.05) is 0 Å². The first-order valence-electron chi connectivity index (χ1n) is 9.58. The Balaban J connectivity index is 1.58. The van der Waals surface area contributed by atoms with Crippen LogP contribution in [0.4, 0.5) is 15.8 Å². The number of phenols is 1. The van der Waals surface area contributed by atoms with E-state index >= 15 is 0 Å². The summed E-state index contributed by atoms with van der Waals surface area (Å²) in [6.07, 6.45) is -1.06. The second-order valence-corrected chi connectivity index (χ2v) is 7.77. The fourth-order valence-corrected chi connectivity index (χ4v) is 4.22. The molecular weight excluding hydrogens is 423 g/mol. The second-order valence-electron chi connectivity index (χ2n) is 7.36. The minimum absolute atomic E-state index is 0.0811. The van der Waals surface area contributed by atoms with Crippen LogP contribution < -0.4 is 9.96 Å². The lowest BCUT2D eigenvalue weighted by atomic mass is 9.90. The van der Waals surface area contributed by atoms with Crippen molar-refractivity contribution in [3.05, 3.63) is 89.2 Å². The molecule has 5 rings (SSSR count). The third-order valence-corrected chi connectivity index (χ3v) is 5.83. The van der Waals surface area contributed by atoms with Crippen molar-refractivity contribution in [2.75, 3.05) is 9.96 Å². The van der Waals surface area contributed by atoms with Crippen LogP contribution in [0, 0.1) is 11.7 Å². The van der Waals surface area contributed by atoms with E-state index in [1.54, 1.807) is 17.2 Å². The largest absolute Gasteiger partial charge is 0.508 e. The molecule has 156 valence electrons. The number of rotatable bonds is 3. The number of hydrogen-bond donors (Lipinski definition) is 1. The summed E-state index contributed by atoms with van der Waals surface area (Å²) < 4.78 is 14.0. The molecule has 2 aliphatic rings. The van der Waals surface area contributed by atoms with Crippen molar-refractivity contribution in [1.29, 1.82) is 0 Å². The number of imide groups is 1. The van der Waals surface area contributed by atoms with Crippen LogP contribution in [0.15, 0.2) is 72.8 Å². The Bertz CT molecular complexity index is 1170. The Labute approximate surface area is 182 Å². The number of phenolic OH excluding ortho intramolecular Hbond substituents is 1. The van der Waals surface area contributed by atoms with E-state index in [1.165, 1.54) is 24.3 Å². The molecule has 3 aromatic rings. The molecule has 3 atom stereocenters. The van der Waals surface area contributed by atoms with Gasteiger partial charge < -0.3 is 5.11 Å². The topological polar surface area (TPSA) is 70.1 Å². The molecule has 31 heavy (non-hydrogen) atoms. The van der Waals surface area contributed by atoms with Gasteiger partial charge in [0.15, 0.2) is 6.10 Å². The van der Waals surface area contributed by atoms with E-state index in [9.17, 15) is 19.1 Å². The van der Waals surface area contributed by atoms with E-state index < -0.39 is 35.7 Å². The highest BCUT2D eigenvalue weighted by atomic mass is 35.5. The Morgan fingerprint density at radius 3 is 2.29 bits per heavy atom. The van der Waals surface area contributed by atoms with Gasteiger partial charge in [-0.1, -0.05) is 41.9 Å². The van der Waals surface area contributed by atoms with E-state index in [1.807, 2.05) is 30.3 Å². The number of anilines is 2. The molecule has 3 aromatic carbocycles. The fraction of sp³-hybridized carbons (Fsp3) is 0.130. The molecule has 0 unspecified atom stereocenters. The van der Waals surface area contributed by atoms with Gasteiger partial charge in [-0.05, 0) is 48.0 Å². The predicted octanol–water partition coefficient (Wildman–Crippen LogP) is 4.24. The maximum atomic E-state index is 14.0. The summed E-state index contributed by atoms with van der Waals surface area (Å²) in [4.78, 5) is 33.5. The number of amides is 2. The number of benzene rings is 3. The van der Waals surface area contributed by atoms with Crippen LogP contribution in [0.3, 0.4) is 0 Å². The predicted molar refractivity (Wildman–Crippen MR) is 112 cm³/mol. The molecule has 0 aromatic heterocycles. The van der Waals surface area contributed by atoms with Gasteiger partial charge >= 0.3 is 0 Å². The Morgan fingerprint density at radius 2 is 1.61 bits per heavy atom. The standard InChI is InChI=1S/C23H16ClFN2O4/c24-17-11-8-15(12-18(17)25)26-22(29)19-20(13-6-9-16(28)10-7-13)27(31-21(19)23(26)30)14-4-2-1-3-5-14/h1-12,19-21,28H/t19-,20+,21-/m1/s1. The van der Waals surface area contributed by atoms with Crippen molar-refractivity contribution in [2.24, 2.45) is 5.92 Å². The molecule has 2 saturated heterocycles. The van der Waals surface area contributed by atoms with Gasteiger partial charge in [-0.25, -0.2) is 14.4 Å². The van der Waals surface area contributed by atoms with Crippen LogP contribution in [0.25, 0.3) is 0 Å². The number of hydrogen-bond acceptors (Lipinski definition) is 5. The molecule has 0 bridgehead atoms. The molecule has 0 spiro atoms. The maximum absolute atomic E-state index is 14.0. The lowest BCUT2D eigenvalue weighted by Gasteiger charge is -2.28. The fourth-order valence-electron chi connectivity index (χ4n) is 4.10. The molecule has 0 aliphatic carbocycles. The van der Waals surface area contributed by atoms with Crippen molar-refractivity contribution in [1.82, 2.24) is 0 Å². The average Bonchev–Trinajstić information content (AvgIpc) is 3.28. The van der Waals surface area contributed by atoms with Crippen LogP contribution in [0.1, 0.15) is 11.6 Å². The summed E-state index contributed by atoms with van der Waals surface area (Å²) in [7, 11) is 0. The molecule has 1 N–H and O–H groups in total. The van der Waals surface area contributed by atoms with Gasteiger partial charge in [-0.2, -0.15) is 0 Å². The number of aromatic hydroxyl groups is 1. The van der Waals surface area contributed by atoms with Crippen molar-refractivity contribution in [3.63, 3.8) is 0 Å². The molecule has 0 saturated carbocycles. The Kier molecular flexibility index (Phi) is 4.64. The first-order chi connectivity index (χ1) is 15.0. The first kappa shape index (κ1) is 19.5. The van der Waals surface area contributed by atoms with Crippen LogP contribution in [-0.2, 0) is 14.4 Å². The summed E-state index contributed by atoms with van der Waals surface area (Å²) in [5.41, 5.74) is 1.48. The minimum Gasteiger partial charge on any atom is -0.508 e. The SMILES string of the molecule is O=C1[C@H]2[C@@H](ON(c3ccccc3)[C@H]2c2ccc(O)cc2)C(=O)N1c1ccc(Cl)c(F)c1. The Hall–Kier alpha value is -3.42. The van der Waals surface area contributed by atoms with E-state index in [0.717, 1.165) is 11.0 Å². The number of para-hydroxylation sites is 1. The lowest BCUT2D eigenvalue weighted by Crippen LogP contribution is -2.37. The highest BCUT2D eigenvalue weighted by Gasteiger charge is 2.60. The smallest absolute Gasteiger partial charge is 0.266 e. The van der Waals surface area contributed by atoms with Crippen LogP contribution in [0.2, 0.25) is 5.02 Å². The number of carbonyl (C=O) groups excluding carboxylic acids is 2. The molecule has 2 fully saturated rings. The third-order valence-electron chi connectivity index (χ3n) is 5.52. The maximum Gasteiger partial charge on any atom is 0.266 e. The number of hydroxylamine groups is 1.